The van der Waals surface area contributed by atoms with Crippen molar-refractivity contribution >= 4 is 33.9 Å². The summed E-state index contributed by atoms with van der Waals surface area (Å²) in [5.74, 6) is 1.13. The number of imidazole rings is 2. The quantitative estimate of drug-likeness (QED) is 0.354. The molecule has 2 amide bonds. The molecule has 0 atom stereocenters. The maximum Gasteiger partial charge on any atom is 0.269 e. The van der Waals surface area contributed by atoms with Crippen molar-refractivity contribution in [3.63, 3.8) is 0 Å². The van der Waals surface area contributed by atoms with Crippen LogP contribution >= 0.6 is 0 Å². The highest BCUT2D eigenvalue weighted by molar-refractivity contribution is 5.96. The Morgan fingerprint density at radius 3 is 1.56 bits per heavy atom. The normalized spacial score (nSPS) is 11.2. The van der Waals surface area contributed by atoms with E-state index in [2.05, 4.69) is 34.7 Å². The van der Waals surface area contributed by atoms with Crippen LogP contribution in [0.25, 0.3) is 22.1 Å². The van der Waals surface area contributed by atoms with Gasteiger partial charge < -0.3 is 19.8 Å². The Bertz CT molecular complexity index is 1450. The Labute approximate surface area is 208 Å². The second kappa shape index (κ2) is 9.99. The Balaban J connectivity index is 1.17. The van der Waals surface area contributed by atoms with Gasteiger partial charge in [0.25, 0.3) is 11.8 Å². The average Bonchev–Trinajstić information content (AvgIpc) is 3.39. The van der Waals surface area contributed by atoms with Crippen LogP contribution in [0.4, 0.5) is 0 Å². The van der Waals surface area contributed by atoms with Gasteiger partial charge in [-0.3, -0.25) is 9.59 Å². The van der Waals surface area contributed by atoms with Gasteiger partial charge in [0.15, 0.2) is 0 Å². The number of nitrogens with zero attached hydrogens (tertiary/aromatic N) is 5. The number of amides is 2. The number of para-hydroxylation sites is 4. The van der Waals surface area contributed by atoms with Crippen LogP contribution in [0.3, 0.4) is 0 Å². The number of nitrogens with one attached hydrogen (secondary N) is 2. The largest absolute Gasteiger partial charge is 0.349 e. The summed E-state index contributed by atoms with van der Waals surface area (Å²) in [7, 11) is 0. The van der Waals surface area contributed by atoms with Crippen LogP contribution in [0.15, 0.2) is 66.7 Å². The van der Waals surface area contributed by atoms with Gasteiger partial charge in [-0.15, -0.1) is 0 Å². The zero-order chi connectivity index (χ0) is 25.1. The highest BCUT2D eigenvalue weighted by atomic mass is 16.2. The van der Waals surface area contributed by atoms with Crippen LogP contribution in [0.5, 0.6) is 0 Å². The highest BCUT2D eigenvalue weighted by Gasteiger charge is 2.13. The molecule has 0 aliphatic heterocycles. The molecule has 0 saturated heterocycles. The first kappa shape index (κ1) is 23.2. The van der Waals surface area contributed by atoms with E-state index in [9.17, 15) is 9.59 Å². The fourth-order valence-corrected chi connectivity index (χ4v) is 4.39. The molecule has 9 nitrogen and oxygen atoms in total. The van der Waals surface area contributed by atoms with Crippen molar-refractivity contribution in [1.29, 1.82) is 0 Å². The summed E-state index contributed by atoms with van der Waals surface area (Å²) in [5.41, 5.74) is 4.31. The lowest BCUT2D eigenvalue weighted by Gasteiger charge is -2.10. The predicted molar refractivity (Wildman–Crippen MR) is 138 cm³/mol. The van der Waals surface area contributed by atoms with Crippen molar-refractivity contribution in [2.75, 3.05) is 13.1 Å². The summed E-state index contributed by atoms with van der Waals surface area (Å²) in [6.07, 6.45) is 0. The van der Waals surface area contributed by atoms with E-state index >= 15 is 0 Å². The van der Waals surface area contributed by atoms with Crippen molar-refractivity contribution in [3.8, 4) is 0 Å². The lowest BCUT2D eigenvalue weighted by molar-refractivity contribution is 0.0943. The molecule has 0 spiro atoms. The maximum atomic E-state index is 12.7. The molecule has 3 aromatic heterocycles. The third-order valence-electron chi connectivity index (χ3n) is 6.15. The SMILES string of the molecule is Cc1nc2ccccc2n1CCNC(=O)c1cccc(C(=O)NCCn2c(C)nc3ccccc32)n1. The van der Waals surface area contributed by atoms with Gasteiger partial charge in [0.1, 0.15) is 23.0 Å². The molecule has 0 fully saturated rings. The number of rotatable bonds is 8. The van der Waals surface area contributed by atoms with Crippen LogP contribution in [0.2, 0.25) is 0 Å². The number of aromatic nitrogens is 5. The number of aryl methyl sites for hydroxylation is 2. The van der Waals surface area contributed by atoms with Gasteiger partial charge >= 0.3 is 0 Å². The third-order valence-corrected chi connectivity index (χ3v) is 6.15. The van der Waals surface area contributed by atoms with Gasteiger partial charge in [0, 0.05) is 26.2 Å². The van der Waals surface area contributed by atoms with Crippen molar-refractivity contribution < 1.29 is 9.59 Å². The fourth-order valence-electron chi connectivity index (χ4n) is 4.39. The maximum absolute atomic E-state index is 12.7. The first-order valence-electron chi connectivity index (χ1n) is 11.9. The average molecular weight is 482 g/mol. The van der Waals surface area contributed by atoms with Gasteiger partial charge in [-0.25, -0.2) is 15.0 Å². The molecular weight excluding hydrogens is 454 g/mol. The van der Waals surface area contributed by atoms with Gasteiger partial charge in [-0.1, -0.05) is 30.3 Å². The number of carbonyl (C=O) groups is 2. The van der Waals surface area contributed by atoms with Crippen LogP contribution < -0.4 is 10.6 Å². The predicted octanol–water partition coefficient (Wildman–Crippen LogP) is 3.26. The molecule has 0 radical (unpaired) electrons. The highest BCUT2D eigenvalue weighted by Crippen LogP contribution is 2.16. The van der Waals surface area contributed by atoms with Crippen LogP contribution in [0, 0.1) is 13.8 Å². The van der Waals surface area contributed by atoms with E-state index in [1.54, 1.807) is 18.2 Å². The molecule has 0 aliphatic rings. The minimum atomic E-state index is -0.327. The van der Waals surface area contributed by atoms with Crippen molar-refractivity contribution in [2.24, 2.45) is 0 Å². The molecule has 2 N–H and O–H groups in total. The number of hydrogen-bond donors (Lipinski definition) is 2. The zero-order valence-electron chi connectivity index (χ0n) is 20.2. The van der Waals surface area contributed by atoms with E-state index < -0.39 is 0 Å². The lowest BCUT2D eigenvalue weighted by atomic mass is 10.2. The van der Waals surface area contributed by atoms with Crippen LogP contribution in [-0.4, -0.2) is 49.0 Å². The summed E-state index contributed by atoms with van der Waals surface area (Å²) in [4.78, 5) is 38.7. The first-order chi connectivity index (χ1) is 17.5. The summed E-state index contributed by atoms with van der Waals surface area (Å²) in [5, 5.41) is 5.78. The second-order valence-electron chi connectivity index (χ2n) is 8.52. The van der Waals surface area contributed by atoms with Crippen molar-refractivity contribution in [1.82, 2.24) is 34.7 Å². The minimum absolute atomic E-state index is 0.200. The first-order valence-corrected chi connectivity index (χ1v) is 11.9. The summed E-state index contributed by atoms with van der Waals surface area (Å²) < 4.78 is 4.14. The van der Waals surface area contributed by atoms with Gasteiger partial charge in [-0.05, 0) is 50.2 Å². The van der Waals surface area contributed by atoms with Crippen molar-refractivity contribution in [2.45, 2.75) is 26.9 Å². The Kier molecular flexibility index (Phi) is 6.44. The van der Waals surface area contributed by atoms with Gasteiger partial charge in [-0.2, -0.15) is 0 Å². The number of pyridine rings is 1. The molecule has 182 valence electrons. The topological polar surface area (TPSA) is 107 Å². The number of carbonyl (C=O) groups excluding carboxylic acids is 2. The van der Waals surface area contributed by atoms with E-state index in [1.807, 2.05) is 62.4 Å². The van der Waals surface area contributed by atoms with Crippen molar-refractivity contribution in [3.05, 3.63) is 89.8 Å². The monoisotopic (exact) mass is 481 g/mol. The molecule has 5 rings (SSSR count). The van der Waals surface area contributed by atoms with E-state index in [4.69, 9.17) is 0 Å². The minimum Gasteiger partial charge on any atom is -0.349 e. The summed E-state index contributed by atoms with van der Waals surface area (Å²) in [6, 6.07) is 20.7. The van der Waals surface area contributed by atoms with E-state index in [1.165, 1.54) is 0 Å². The molecular formula is C27H27N7O2. The van der Waals surface area contributed by atoms with Crippen LogP contribution in [-0.2, 0) is 13.1 Å². The number of benzene rings is 2. The summed E-state index contributed by atoms with van der Waals surface area (Å²) in [6.45, 7) is 5.89. The Morgan fingerprint density at radius 1 is 0.639 bits per heavy atom. The van der Waals surface area contributed by atoms with E-state index in [0.717, 1.165) is 33.7 Å². The molecule has 36 heavy (non-hydrogen) atoms. The third kappa shape index (κ3) is 4.68. The molecule has 5 aromatic rings. The lowest BCUT2D eigenvalue weighted by Crippen LogP contribution is -2.30. The van der Waals surface area contributed by atoms with E-state index in [-0.39, 0.29) is 23.2 Å². The molecule has 0 bridgehead atoms. The second-order valence-corrected chi connectivity index (χ2v) is 8.52. The molecule has 2 aromatic carbocycles. The number of hydrogen-bond acceptors (Lipinski definition) is 5. The molecule has 0 saturated carbocycles. The molecule has 0 aliphatic carbocycles. The zero-order valence-corrected chi connectivity index (χ0v) is 20.2. The smallest absolute Gasteiger partial charge is 0.269 e. The van der Waals surface area contributed by atoms with E-state index in [0.29, 0.717) is 26.2 Å². The Morgan fingerprint density at radius 2 is 1.08 bits per heavy atom. The van der Waals surface area contributed by atoms with Gasteiger partial charge in [0.2, 0.25) is 0 Å². The molecule has 3 heterocycles. The molecule has 9 heteroatoms. The van der Waals surface area contributed by atoms with Gasteiger partial charge in [0.05, 0.1) is 22.1 Å². The van der Waals surface area contributed by atoms with Crippen LogP contribution in [0.1, 0.15) is 32.6 Å². The molecule has 0 unspecified atom stereocenters. The Hall–Kier alpha value is -4.53. The fraction of sp³-hybridized carbons (Fsp3) is 0.222. The standard InChI is InChI=1S/C27H27N7O2/c1-18-30-20-8-3-5-12-24(20)33(18)16-14-28-26(35)22-10-7-11-23(32-22)27(36)29-15-17-34-19(2)31-21-9-4-6-13-25(21)34/h3-13H,14-17H2,1-2H3,(H,28,35)(H,29,36). The summed E-state index contributed by atoms with van der Waals surface area (Å²) >= 11 is 0. The number of fused-ring (bicyclic) bond motifs is 2.